The number of ether oxygens (including phenoxy) is 1. The number of aromatic nitrogens is 1. The molecule has 1 aromatic heterocycles. The van der Waals surface area contributed by atoms with Crippen LogP contribution in [0.25, 0.3) is 0 Å². The van der Waals surface area contributed by atoms with Crippen LogP contribution in [0.4, 0.5) is 5.69 Å². The van der Waals surface area contributed by atoms with E-state index >= 15 is 0 Å². The number of pyridine rings is 1. The lowest BCUT2D eigenvalue weighted by Gasteiger charge is -2.10. The summed E-state index contributed by atoms with van der Waals surface area (Å²) in [5, 5.41) is 2.81. The molecule has 0 fully saturated rings. The van der Waals surface area contributed by atoms with Crippen molar-refractivity contribution in [1.29, 1.82) is 0 Å². The standard InChI is InChI=1S/C15H15N3O2S/c1-20-9-11-4-2-3-5-12(11)18-15(19)13-7-6-10(8-17-13)14(16)21/h2-8H,9H2,1H3,(H2,16,21)(H,18,19). The normalized spacial score (nSPS) is 10.1. The Bertz CT molecular complexity index is 656. The number of methoxy groups -OCH3 is 1. The van der Waals surface area contributed by atoms with Gasteiger partial charge in [0.25, 0.3) is 5.91 Å². The van der Waals surface area contributed by atoms with E-state index in [1.54, 1.807) is 19.2 Å². The molecular formula is C15H15N3O2S. The number of amides is 1. The Labute approximate surface area is 128 Å². The summed E-state index contributed by atoms with van der Waals surface area (Å²) < 4.78 is 5.10. The van der Waals surface area contributed by atoms with Gasteiger partial charge in [0.1, 0.15) is 10.7 Å². The molecule has 0 aliphatic rings. The lowest BCUT2D eigenvalue weighted by Crippen LogP contribution is -2.16. The summed E-state index contributed by atoms with van der Waals surface area (Å²) in [6.45, 7) is 0.421. The Morgan fingerprint density at radius 2 is 2.10 bits per heavy atom. The first-order valence-corrected chi connectivity index (χ1v) is 6.66. The topological polar surface area (TPSA) is 77.2 Å². The van der Waals surface area contributed by atoms with Gasteiger partial charge in [-0.2, -0.15) is 0 Å². The molecule has 0 saturated heterocycles. The van der Waals surface area contributed by atoms with Crippen molar-refractivity contribution >= 4 is 28.8 Å². The first kappa shape index (κ1) is 15.1. The minimum absolute atomic E-state index is 0.250. The van der Waals surface area contributed by atoms with Crippen LogP contribution in [0.2, 0.25) is 0 Å². The highest BCUT2D eigenvalue weighted by atomic mass is 32.1. The minimum Gasteiger partial charge on any atom is -0.389 e. The average Bonchev–Trinajstić information content (AvgIpc) is 2.49. The number of hydrogen-bond donors (Lipinski definition) is 2. The number of carbonyl (C=O) groups excluding carboxylic acids is 1. The number of nitrogens with two attached hydrogens (primary N) is 1. The van der Waals surface area contributed by atoms with Crippen LogP contribution in [0, 0.1) is 0 Å². The number of para-hydroxylation sites is 1. The number of benzene rings is 1. The summed E-state index contributed by atoms with van der Waals surface area (Å²) in [5.74, 6) is -0.298. The molecule has 0 spiro atoms. The highest BCUT2D eigenvalue weighted by Crippen LogP contribution is 2.16. The predicted molar refractivity (Wildman–Crippen MR) is 85.2 cm³/mol. The van der Waals surface area contributed by atoms with Crippen molar-refractivity contribution in [2.24, 2.45) is 5.73 Å². The summed E-state index contributed by atoms with van der Waals surface area (Å²) in [4.78, 5) is 16.5. The Morgan fingerprint density at radius 1 is 1.33 bits per heavy atom. The van der Waals surface area contributed by atoms with Gasteiger partial charge in [-0.25, -0.2) is 0 Å². The van der Waals surface area contributed by atoms with Crippen LogP contribution < -0.4 is 11.1 Å². The second-order valence-corrected chi connectivity index (χ2v) is 4.78. The zero-order valence-corrected chi connectivity index (χ0v) is 12.3. The van der Waals surface area contributed by atoms with Gasteiger partial charge in [0.15, 0.2) is 0 Å². The first-order valence-electron chi connectivity index (χ1n) is 6.26. The highest BCUT2D eigenvalue weighted by molar-refractivity contribution is 7.80. The van der Waals surface area contributed by atoms with E-state index in [1.807, 2.05) is 24.3 Å². The van der Waals surface area contributed by atoms with Crippen molar-refractivity contribution in [2.75, 3.05) is 12.4 Å². The Morgan fingerprint density at radius 3 is 2.71 bits per heavy atom. The van der Waals surface area contributed by atoms with E-state index in [1.165, 1.54) is 6.20 Å². The molecule has 108 valence electrons. The maximum absolute atomic E-state index is 12.2. The second-order valence-electron chi connectivity index (χ2n) is 4.34. The molecule has 6 heteroatoms. The van der Waals surface area contributed by atoms with Crippen LogP contribution in [0.5, 0.6) is 0 Å². The van der Waals surface area contributed by atoms with Gasteiger partial charge in [-0.05, 0) is 18.2 Å². The van der Waals surface area contributed by atoms with Gasteiger partial charge in [0.05, 0.1) is 6.61 Å². The van der Waals surface area contributed by atoms with E-state index in [-0.39, 0.29) is 10.9 Å². The maximum Gasteiger partial charge on any atom is 0.274 e. The number of carbonyl (C=O) groups is 1. The van der Waals surface area contributed by atoms with Crippen LogP contribution >= 0.6 is 12.2 Å². The predicted octanol–water partition coefficient (Wildman–Crippen LogP) is 2.11. The smallest absolute Gasteiger partial charge is 0.274 e. The Kier molecular flexibility index (Phi) is 4.97. The fraction of sp³-hybridized carbons (Fsp3) is 0.133. The average molecular weight is 301 g/mol. The molecule has 3 N–H and O–H groups in total. The fourth-order valence-electron chi connectivity index (χ4n) is 1.78. The minimum atomic E-state index is -0.298. The molecule has 2 aromatic rings. The largest absolute Gasteiger partial charge is 0.389 e. The SMILES string of the molecule is COCc1ccccc1NC(=O)c1ccc(C(N)=S)cn1. The van der Waals surface area contributed by atoms with Crippen molar-refractivity contribution in [3.63, 3.8) is 0 Å². The van der Waals surface area contributed by atoms with Gasteiger partial charge in [0, 0.05) is 30.1 Å². The third-order valence-corrected chi connectivity index (χ3v) is 3.08. The van der Waals surface area contributed by atoms with Crippen molar-refractivity contribution in [2.45, 2.75) is 6.61 Å². The fourth-order valence-corrected chi connectivity index (χ4v) is 1.90. The zero-order valence-electron chi connectivity index (χ0n) is 11.5. The van der Waals surface area contributed by atoms with Crippen molar-refractivity contribution in [3.8, 4) is 0 Å². The summed E-state index contributed by atoms with van der Waals surface area (Å²) in [6, 6.07) is 10.7. The van der Waals surface area contributed by atoms with Crippen LogP contribution in [-0.2, 0) is 11.3 Å². The van der Waals surface area contributed by atoms with E-state index in [4.69, 9.17) is 22.7 Å². The number of nitrogens with zero attached hydrogens (tertiary/aromatic N) is 1. The lowest BCUT2D eigenvalue weighted by molar-refractivity contribution is 0.102. The molecule has 5 nitrogen and oxygen atoms in total. The Balaban J connectivity index is 2.16. The maximum atomic E-state index is 12.2. The van der Waals surface area contributed by atoms with Crippen LogP contribution in [0.1, 0.15) is 21.6 Å². The summed E-state index contributed by atoms with van der Waals surface area (Å²) >= 11 is 4.85. The molecular weight excluding hydrogens is 286 g/mol. The van der Waals surface area contributed by atoms with Gasteiger partial charge >= 0.3 is 0 Å². The molecule has 0 bridgehead atoms. The number of hydrogen-bond acceptors (Lipinski definition) is 4. The molecule has 0 aliphatic heterocycles. The van der Waals surface area contributed by atoms with Gasteiger partial charge in [-0.15, -0.1) is 0 Å². The number of anilines is 1. The first-order chi connectivity index (χ1) is 10.1. The third kappa shape index (κ3) is 3.84. The summed E-state index contributed by atoms with van der Waals surface area (Å²) in [5.41, 5.74) is 8.01. The lowest BCUT2D eigenvalue weighted by atomic mass is 10.2. The van der Waals surface area contributed by atoms with Crippen LogP contribution in [-0.4, -0.2) is 23.0 Å². The van der Waals surface area contributed by atoms with Crippen molar-refractivity contribution in [3.05, 3.63) is 59.4 Å². The van der Waals surface area contributed by atoms with Gasteiger partial charge in [0.2, 0.25) is 0 Å². The van der Waals surface area contributed by atoms with Gasteiger partial charge in [-0.3, -0.25) is 9.78 Å². The molecule has 0 radical (unpaired) electrons. The summed E-state index contributed by atoms with van der Waals surface area (Å²) in [7, 11) is 1.61. The number of thiocarbonyl (C=S) groups is 1. The monoisotopic (exact) mass is 301 g/mol. The van der Waals surface area contributed by atoms with Crippen molar-refractivity contribution < 1.29 is 9.53 Å². The molecule has 0 atom stereocenters. The van der Waals surface area contributed by atoms with E-state index in [0.29, 0.717) is 23.6 Å². The molecule has 0 unspecified atom stereocenters. The molecule has 1 heterocycles. The zero-order chi connectivity index (χ0) is 15.2. The third-order valence-electron chi connectivity index (χ3n) is 2.85. The molecule has 21 heavy (non-hydrogen) atoms. The Hall–Kier alpha value is -2.31. The molecule has 1 amide bonds. The van der Waals surface area contributed by atoms with Gasteiger partial charge < -0.3 is 15.8 Å². The quantitative estimate of drug-likeness (QED) is 0.827. The van der Waals surface area contributed by atoms with Crippen LogP contribution in [0.15, 0.2) is 42.6 Å². The number of nitrogens with one attached hydrogen (secondary N) is 1. The van der Waals surface area contributed by atoms with Crippen LogP contribution in [0.3, 0.4) is 0 Å². The number of rotatable bonds is 5. The molecule has 2 rings (SSSR count). The van der Waals surface area contributed by atoms with E-state index < -0.39 is 0 Å². The molecule has 0 aliphatic carbocycles. The van der Waals surface area contributed by atoms with Gasteiger partial charge in [-0.1, -0.05) is 30.4 Å². The van der Waals surface area contributed by atoms with E-state index in [9.17, 15) is 4.79 Å². The second kappa shape index (κ2) is 6.92. The summed E-state index contributed by atoms with van der Waals surface area (Å²) in [6.07, 6.45) is 1.48. The molecule has 0 saturated carbocycles. The van der Waals surface area contributed by atoms with Crippen molar-refractivity contribution in [1.82, 2.24) is 4.98 Å². The molecule has 1 aromatic carbocycles. The van der Waals surface area contributed by atoms with E-state index in [0.717, 1.165) is 5.56 Å². The van der Waals surface area contributed by atoms with E-state index in [2.05, 4.69) is 10.3 Å². The highest BCUT2D eigenvalue weighted by Gasteiger charge is 2.10.